The van der Waals surface area contributed by atoms with E-state index in [0.29, 0.717) is 36.0 Å². The smallest absolute Gasteiger partial charge is 0.201 e. The lowest BCUT2D eigenvalue weighted by atomic mass is 9.89. The molecule has 0 N–H and O–H groups in total. The van der Waals surface area contributed by atoms with Crippen molar-refractivity contribution in [2.45, 2.75) is 83.7 Å². The fraction of sp³-hybridized carbons (Fsp3) is 0.455. The number of rotatable bonds is 12. The number of unbranched alkanes of at least 4 members (excludes halogenated alkanes) is 4. The summed E-state index contributed by atoms with van der Waals surface area (Å²) in [4.78, 5) is 0. The molecule has 2 atom stereocenters. The first-order valence-corrected chi connectivity index (χ1v) is 14.1. The standard InChI is InChI=1S/C33H39F3O2/c1-3-5-6-7-8-20-37-31-19-18-29(32(35)33(31)36)24-12-10-23(11-13-24)28-17-15-25(21-30(28)34)26-14-16-27(9-4-2)38-22-26/h10-13,15,17-19,21,26-27H,3-9,14,16,20,22H2,1-2H3. The van der Waals surface area contributed by atoms with Gasteiger partial charge in [0.05, 0.1) is 19.3 Å². The van der Waals surface area contributed by atoms with E-state index in [1.807, 2.05) is 6.07 Å². The van der Waals surface area contributed by atoms with Gasteiger partial charge in [0, 0.05) is 17.0 Å². The molecule has 0 aromatic heterocycles. The molecule has 38 heavy (non-hydrogen) atoms. The lowest BCUT2D eigenvalue weighted by molar-refractivity contribution is -0.00115. The van der Waals surface area contributed by atoms with Gasteiger partial charge in [-0.1, -0.05) is 82.3 Å². The van der Waals surface area contributed by atoms with E-state index in [-0.39, 0.29) is 23.0 Å². The van der Waals surface area contributed by atoms with Gasteiger partial charge in [-0.25, -0.2) is 8.78 Å². The normalized spacial score (nSPS) is 17.5. The molecule has 0 radical (unpaired) electrons. The molecule has 2 unspecified atom stereocenters. The highest BCUT2D eigenvalue weighted by Crippen LogP contribution is 2.34. The zero-order valence-electron chi connectivity index (χ0n) is 22.6. The Balaban J connectivity index is 1.41. The van der Waals surface area contributed by atoms with Crippen LogP contribution in [0.5, 0.6) is 5.75 Å². The molecule has 0 aliphatic carbocycles. The van der Waals surface area contributed by atoms with Crippen LogP contribution in [0.4, 0.5) is 13.2 Å². The molecule has 5 heteroatoms. The van der Waals surface area contributed by atoms with Crippen molar-refractivity contribution in [3.8, 4) is 28.0 Å². The molecule has 2 nitrogen and oxygen atoms in total. The molecule has 0 bridgehead atoms. The van der Waals surface area contributed by atoms with Crippen LogP contribution in [0, 0.1) is 17.5 Å². The van der Waals surface area contributed by atoms with Gasteiger partial charge in [-0.05, 0) is 60.6 Å². The van der Waals surface area contributed by atoms with Gasteiger partial charge in [-0.2, -0.15) is 4.39 Å². The summed E-state index contributed by atoms with van der Waals surface area (Å²) in [7, 11) is 0. The third-order valence-electron chi connectivity index (χ3n) is 7.50. The van der Waals surface area contributed by atoms with E-state index >= 15 is 4.39 Å². The summed E-state index contributed by atoms with van der Waals surface area (Å²) >= 11 is 0. The molecule has 0 saturated carbocycles. The van der Waals surface area contributed by atoms with E-state index in [0.717, 1.165) is 56.9 Å². The van der Waals surface area contributed by atoms with Crippen molar-refractivity contribution < 1.29 is 22.6 Å². The monoisotopic (exact) mass is 524 g/mol. The minimum absolute atomic E-state index is 0.0650. The zero-order chi connectivity index (χ0) is 26.9. The molecule has 4 rings (SSSR count). The van der Waals surface area contributed by atoms with Crippen LogP contribution in [-0.4, -0.2) is 19.3 Å². The van der Waals surface area contributed by atoms with Gasteiger partial charge < -0.3 is 9.47 Å². The number of halogens is 3. The summed E-state index contributed by atoms with van der Waals surface area (Å²) in [5.74, 6) is -2.06. The first-order chi connectivity index (χ1) is 18.5. The van der Waals surface area contributed by atoms with Crippen LogP contribution in [0.2, 0.25) is 0 Å². The fourth-order valence-electron chi connectivity index (χ4n) is 5.22. The Morgan fingerprint density at radius 3 is 2.13 bits per heavy atom. The highest BCUT2D eigenvalue weighted by Gasteiger charge is 2.23. The summed E-state index contributed by atoms with van der Waals surface area (Å²) in [5.41, 5.74) is 2.80. The van der Waals surface area contributed by atoms with E-state index in [9.17, 15) is 8.78 Å². The first-order valence-electron chi connectivity index (χ1n) is 14.1. The Hall–Kier alpha value is -2.79. The second kappa shape index (κ2) is 13.8. The van der Waals surface area contributed by atoms with Crippen molar-refractivity contribution in [1.29, 1.82) is 0 Å². The molecule has 0 amide bonds. The highest BCUT2D eigenvalue weighted by molar-refractivity contribution is 5.71. The summed E-state index contributed by atoms with van der Waals surface area (Å²) in [6.07, 6.45) is 9.78. The molecule has 3 aromatic rings. The summed E-state index contributed by atoms with van der Waals surface area (Å²) < 4.78 is 56.1. The maximum atomic E-state index is 15.1. The van der Waals surface area contributed by atoms with Crippen LogP contribution in [0.25, 0.3) is 22.3 Å². The van der Waals surface area contributed by atoms with Gasteiger partial charge in [0.15, 0.2) is 11.6 Å². The molecule has 1 saturated heterocycles. The molecule has 1 heterocycles. The topological polar surface area (TPSA) is 18.5 Å². The van der Waals surface area contributed by atoms with Crippen molar-refractivity contribution in [2.24, 2.45) is 0 Å². The minimum Gasteiger partial charge on any atom is -0.490 e. The van der Waals surface area contributed by atoms with Crippen LogP contribution in [-0.2, 0) is 4.74 Å². The number of benzene rings is 3. The van der Waals surface area contributed by atoms with Crippen LogP contribution < -0.4 is 4.74 Å². The summed E-state index contributed by atoms with van der Waals surface area (Å²) in [6, 6.07) is 15.3. The third-order valence-corrected chi connectivity index (χ3v) is 7.50. The van der Waals surface area contributed by atoms with Crippen LogP contribution in [0.1, 0.15) is 83.1 Å². The maximum absolute atomic E-state index is 15.1. The summed E-state index contributed by atoms with van der Waals surface area (Å²) in [6.45, 7) is 5.30. The Kier molecular flexibility index (Phi) is 10.3. The highest BCUT2D eigenvalue weighted by atomic mass is 19.2. The second-order valence-electron chi connectivity index (χ2n) is 10.3. The molecule has 1 aliphatic rings. The van der Waals surface area contributed by atoms with E-state index in [4.69, 9.17) is 9.47 Å². The molecular weight excluding hydrogens is 485 g/mol. The molecular formula is C33H39F3O2. The quantitative estimate of drug-likeness (QED) is 0.220. The van der Waals surface area contributed by atoms with E-state index in [2.05, 4.69) is 13.8 Å². The molecule has 1 aliphatic heterocycles. The average molecular weight is 525 g/mol. The lowest BCUT2D eigenvalue weighted by Crippen LogP contribution is -2.24. The predicted molar refractivity (Wildman–Crippen MR) is 148 cm³/mol. The fourth-order valence-corrected chi connectivity index (χ4v) is 5.22. The van der Waals surface area contributed by atoms with Crippen molar-refractivity contribution in [2.75, 3.05) is 13.2 Å². The maximum Gasteiger partial charge on any atom is 0.201 e. The van der Waals surface area contributed by atoms with Crippen molar-refractivity contribution in [3.63, 3.8) is 0 Å². The second-order valence-corrected chi connectivity index (χ2v) is 10.3. The minimum atomic E-state index is -0.977. The van der Waals surface area contributed by atoms with Gasteiger partial charge >= 0.3 is 0 Å². The Bertz CT molecular complexity index is 1170. The largest absolute Gasteiger partial charge is 0.490 e. The summed E-state index contributed by atoms with van der Waals surface area (Å²) in [5, 5.41) is 0. The average Bonchev–Trinajstić information content (AvgIpc) is 2.94. The third kappa shape index (κ3) is 6.99. The first kappa shape index (κ1) is 28.2. The van der Waals surface area contributed by atoms with Crippen LogP contribution in [0.3, 0.4) is 0 Å². The Morgan fingerprint density at radius 2 is 1.47 bits per heavy atom. The van der Waals surface area contributed by atoms with Crippen molar-refractivity contribution >= 4 is 0 Å². The predicted octanol–water partition coefficient (Wildman–Crippen LogP) is 9.85. The van der Waals surface area contributed by atoms with E-state index in [1.54, 1.807) is 36.4 Å². The van der Waals surface area contributed by atoms with Gasteiger partial charge in [0.1, 0.15) is 5.82 Å². The van der Waals surface area contributed by atoms with Crippen molar-refractivity contribution in [1.82, 2.24) is 0 Å². The van der Waals surface area contributed by atoms with Gasteiger partial charge in [-0.15, -0.1) is 0 Å². The Morgan fingerprint density at radius 1 is 0.763 bits per heavy atom. The van der Waals surface area contributed by atoms with E-state index in [1.165, 1.54) is 18.6 Å². The number of hydrogen-bond acceptors (Lipinski definition) is 2. The van der Waals surface area contributed by atoms with E-state index < -0.39 is 11.6 Å². The van der Waals surface area contributed by atoms with Gasteiger partial charge in [-0.3, -0.25) is 0 Å². The Labute approximate surface area is 225 Å². The lowest BCUT2D eigenvalue weighted by Gasteiger charge is -2.29. The zero-order valence-corrected chi connectivity index (χ0v) is 22.6. The van der Waals surface area contributed by atoms with Gasteiger partial charge in [0.2, 0.25) is 5.82 Å². The molecule has 204 valence electrons. The molecule has 3 aromatic carbocycles. The van der Waals surface area contributed by atoms with Crippen LogP contribution in [0.15, 0.2) is 54.6 Å². The van der Waals surface area contributed by atoms with Crippen LogP contribution >= 0.6 is 0 Å². The molecule has 0 spiro atoms. The number of hydrogen-bond donors (Lipinski definition) is 0. The van der Waals surface area contributed by atoms with Crippen molar-refractivity contribution in [3.05, 3.63) is 77.6 Å². The van der Waals surface area contributed by atoms with Gasteiger partial charge in [0.25, 0.3) is 0 Å². The molecule has 1 fully saturated rings. The number of ether oxygens (including phenoxy) is 2. The SMILES string of the molecule is CCCCCCCOc1ccc(-c2ccc(-c3ccc(C4CCC(CCC)OC4)cc3F)cc2)c(F)c1F.